The molecule has 0 unspecified atom stereocenters. The first-order valence-corrected chi connectivity index (χ1v) is 7.80. The van der Waals surface area contributed by atoms with E-state index in [4.69, 9.17) is 0 Å². The van der Waals surface area contributed by atoms with Gasteiger partial charge in [0.25, 0.3) is 5.91 Å². The predicted octanol–water partition coefficient (Wildman–Crippen LogP) is 2.36. The van der Waals surface area contributed by atoms with Crippen molar-refractivity contribution in [1.82, 2.24) is 10.2 Å². The number of aryl methyl sites for hydroxylation is 1. The lowest BCUT2D eigenvalue weighted by Gasteiger charge is -2.01. The van der Waals surface area contributed by atoms with Crippen LogP contribution in [0.1, 0.15) is 15.9 Å². The molecule has 0 aliphatic heterocycles. The van der Waals surface area contributed by atoms with Crippen molar-refractivity contribution >= 4 is 40.1 Å². The zero-order valence-electron chi connectivity index (χ0n) is 11.5. The zero-order valence-corrected chi connectivity index (χ0v) is 13.1. The van der Waals surface area contributed by atoms with E-state index in [0.29, 0.717) is 15.0 Å². The number of carbonyl (C=O) groups excluding carboxylic acids is 2. The Morgan fingerprint density at radius 2 is 2.00 bits per heavy atom. The highest BCUT2D eigenvalue weighted by atomic mass is 32.2. The fourth-order valence-electron chi connectivity index (χ4n) is 1.37. The Morgan fingerprint density at radius 1 is 1.29 bits per heavy atom. The average Bonchev–Trinajstić information content (AvgIpc) is 2.93. The Bertz CT molecular complexity index is 640. The summed E-state index contributed by atoms with van der Waals surface area (Å²) >= 11 is 2.43. The second-order valence-corrected chi connectivity index (χ2v) is 6.26. The number of amides is 1. The summed E-state index contributed by atoms with van der Waals surface area (Å²) in [4.78, 5) is 23.0. The molecule has 2 aromatic rings. The number of aromatic nitrogens is 2. The second kappa shape index (κ2) is 7.19. The second-order valence-electron chi connectivity index (χ2n) is 4.06. The summed E-state index contributed by atoms with van der Waals surface area (Å²) in [6.07, 6.45) is 0. The molecule has 0 atom stereocenters. The van der Waals surface area contributed by atoms with Gasteiger partial charge >= 0.3 is 5.97 Å². The smallest absolute Gasteiger partial charge is 0.316 e. The van der Waals surface area contributed by atoms with Gasteiger partial charge in [0.05, 0.1) is 12.9 Å². The number of rotatable bonds is 5. The van der Waals surface area contributed by atoms with Crippen LogP contribution in [0.5, 0.6) is 0 Å². The first kappa shape index (κ1) is 15.5. The number of nitrogens with zero attached hydrogens (tertiary/aromatic N) is 2. The highest BCUT2D eigenvalue weighted by Gasteiger charge is 2.11. The molecular weight excluding hydrogens is 310 g/mol. The summed E-state index contributed by atoms with van der Waals surface area (Å²) in [6, 6.07) is 7.23. The van der Waals surface area contributed by atoms with Crippen LogP contribution in [-0.2, 0) is 9.53 Å². The molecule has 1 amide bonds. The molecule has 110 valence electrons. The van der Waals surface area contributed by atoms with E-state index in [-0.39, 0.29) is 17.6 Å². The molecule has 0 saturated carbocycles. The van der Waals surface area contributed by atoms with E-state index >= 15 is 0 Å². The van der Waals surface area contributed by atoms with Crippen LogP contribution < -0.4 is 5.32 Å². The van der Waals surface area contributed by atoms with Crippen molar-refractivity contribution in [3.63, 3.8) is 0 Å². The molecule has 1 aromatic heterocycles. The Balaban J connectivity index is 1.94. The van der Waals surface area contributed by atoms with Crippen LogP contribution in [0.2, 0.25) is 0 Å². The van der Waals surface area contributed by atoms with E-state index in [1.54, 1.807) is 12.1 Å². The van der Waals surface area contributed by atoms with Crippen molar-refractivity contribution in [2.45, 2.75) is 11.3 Å². The van der Waals surface area contributed by atoms with Crippen LogP contribution in [-0.4, -0.2) is 34.9 Å². The van der Waals surface area contributed by atoms with Crippen molar-refractivity contribution in [3.8, 4) is 0 Å². The minimum absolute atomic E-state index is 0.164. The number of hydrogen-bond donors (Lipinski definition) is 1. The zero-order chi connectivity index (χ0) is 15.2. The summed E-state index contributed by atoms with van der Waals surface area (Å²) in [5, 5.41) is 10.8. The molecule has 2 rings (SSSR count). The van der Waals surface area contributed by atoms with Crippen molar-refractivity contribution in [2.75, 3.05) is 18.2 Å². The minimum atomic E-state index is -0.333. The van der Waals surface area contributed by atoms with Gasteiger partial charge in [0.2, 0.25) is 5.13 Å². The van der Waals surface area contributed by atoms with E-state index < -0.39 is 0 Å². The van der Waals surface area contributed by atoms with Gasteiger partial charge in [-0.3, -0.25) is 14.9 Å². The van der Waals surface area contributed by atoms with E-state index in [1.165, 1.54) is 30.2 Å². The van der Waals surface area contributed by atoms with Gasteiger partial charge in [-0.05, 0) is 19.1 Å². The van der Waals surface area contributed by atoms with Crippen LogP contribution in [0.25, 0.3) is 0 Å². The molecule has 1 heterocycles. The molecule has 0 radical (unpaired) electrons. The molecule has 0 spiro atoms. The molecule has 0 bridgehead atoms. The van der Waals surface area contributed by atoms with Gasteiger partial charge in [-0.2, -0.15) is 0 Å². The number of nitrogens with one attached hydrogen (secondary N) is 1. The SMILES string of the molecule is COC(=O)CSc1nnc(NC(=O)c2ccc(C)cc2)s1. The number of esters is 1. The lowest BCUT2D eigenvalue weighted by Crippen LogP contribution is -2.11. The molecule has 0 aliphatic carbocycles. The van der Waals surface area contributed by atoms with Gasteiger partial charge < -0.3 is 4.74 Å². The predicted molar refractivity (Wildman–Crippen MR) is 81.8 cm³/mol. The van der Waals surface area contributed by atoms with E-state index in [0.717, 1.165) is 5.56 Å². The van der Waals surface area contributed by atoms with E-state index in [2.05, 4.69) is 20.3 Å². The number of ether oxygens (including phenoxy) is 1. The van der Waals surface area contributed by atoms with Gasteiger partial charge in [0.15, 0.2) is 4.34 Å². The normalized spacial score (nSPS) is 10.2. The Labute approximate surface area is 129 Å². The maximum absolute atomic E-state index is 12.0. The number of benzene rings is 1. The number of methoxy groups -OCH3 is 1. The number of hydrogen-bond acceptors (Lipinski definition) is 7. The summed E-state index contributed by atoms with van der Waals surface area (Å²) < 4.78 is 5.13. The first-order valence-electron chi connectivity index (χ1n) is 5.99. The van der Waals surface area contributed by atoms with Crippen molar-refractivity contribution in [1.29, 1.82) is 0 Å². The summed E-state index contributed by atoms with van der Waals surface area (Å²) in [5.41, 5.74) is 1.64. The molecule has 0 fully saturated rings. The van der Waals surface area contributed by atoms with Crippen LogP contribution in [0.3, 0.4) is 0 Å². The van der Waals surface area contributed by atoms with Gasteiger partial charge in [0, 0.05) is 5.56 Å². The van der Waals surface area contributed by atoms with E-state index in [9.17, 15) is 9.59 Å². The fraction of sp³-hybridized carbons (Fsp3) is 0.231. The first-order chi connectivity index (χ1) is 10.1. The third-order valence-electron chi connectivity index (χ3n) is 2.48. The summed E-state index contributed by atoms with van der Waals surface area (Å²) in [7, 11) is 1.33. The number of carbonyl (C=O) groups is 2. The highest BCUT2D eigenvalue weighted by molar-refractivity contribution is 8.01. The maximum Gasteiger partial charge on any atom is 0.316 e. The molecule has 0 saturated heterocycles. The Kier molecular flexibility index (Phi) is 5.29. The van der Waals surface area contributed by atoms with Gasteiger partial charge in [-0.15, -0.1) is 10.2 Å². The van der Waals surface area contributed by atoms with Crippen LogP contribution >= 0.6 is 23.1 Å². The molecule has 1 aromatic carbocycles. The minimum Gasteiger partial charge on any atom is -0.468 e. The van der Waals surface area contributed by atoms with Crippen LogP contribution in [0.15, 0.2) is 28.6 Å². The molecule has 0 aliphatic rings. The van der Waals surface area contributed by atoms with Crippen molar-refractivity contribution in [3.05, 3.63) is 35.4 Å². The highest BCUT2D eigenvalue weighted by Crippen LogP contribution is 2.25. The lowest BCUT2D eigenvalue weighted by molar-refractivity contribution is -0.137. The largest absolute Gasteiger partial charge is 0.468 e. The Morgan fingerprint density at radius 3 is 2.67 bits per heavy atom. The van der Waals surface area contributed by atoms with Crippen molar-refractivity contribution < 1.29 is 14.3 Å². The van der Waals surface area contributed by atoms with Gasteiger partial charge in [-0.25, -0.2) is 0 Å². The van der Waals surface area contributed by atoms with Crippen molar-refractivity contribution in [2.24, 2.45) is 0 Å². The molecule has 1 N–H and O–H groups in total. The summed E-state index contributed by atoms with van der Waals surface area (Å²) in [5.74, 6) is -0.409. The van der Waals surface area contributed by atoms with E-state index in [1.807, 2.05) is 19.1 Å². The fourth-order valence-corrected chi connectivity index (χ4v) is 2.95. The monoisotopic (exact) mass is 323 g/mol. The van der Waals surface area contributed by atoms with Gasteiger partial charge in [-0.1, -0.05) is 40.8 Å². The lowest BCUT2D eigenvalue weighted by atomic mass is 10.1. The standard InChI is InChI=1S/C13H13N3O3S2/c1-8-3-5-9(6-4-8)11(18)14-12-15-16-13(21-12)20-7-10(17)19-2/h3-6H,7H2,1-2H3,(H,14,15,18). The van der Waals surface area contributed by atoms with Crippen LogP contribution in [0.4, 0.5) is 5.13 Å². The third kappa shape index (κ3) is 4.54. The topological polar surface area (TPSA) is 81.2 Å². The molecule has 8 heteroatoms. The molecule has 21 heavy (non-hydrogen) atoms. The average molecular weight is 323 g/mol. The summed E-state index contributed by atoms with van der Waals surface area (Å²) in [6.45, 7) is 1.96. The molecular formula is C13H13N3O3S2. The number of thioether (sulfide) groups is 1. The van der Waals surface area contributed by atoms with Crippen LogP contribution in [0, 0.1) is 6.92 Å². The third-order valence-corrected chi connectivity index (χ3v) is 4.43. The molecule has 6 nitrogen and oxygen atoms in total. The maximum atomic E-state index is 12.0. The Hall–Kier alpha value is -1.93. The van der Waals surface area contributed by atoms with Gasteiger partial charge in [0.1, 0.15) is 0 Å². The number of anilines is 1. The quantitative estimate of drug-likeness (QED) is 0.517.